The van der Waals surface area contributed by atoms with Crippen LogP contribution in [-0.4, -0.2) is 56.2 Å². The Bertz CT molecular complexity index is 559. The molecule has 1 heterocycles. The number of carbonyl (C=O) groups excluding carboxylic acids is 2. The Labute approximate surface area is 142 Å². The molecule has 1 atom stereocenters. The predicted octanol–water partition coefficient (Wildman–Crippen LogP) is 0.278. The van der Waals surface area contributed by atoms with Crippen LogP contribution in [0.3, 0.4) is 0 Å². The van der Waals surface area contributed by atoms with E-state index >= 15 is 0 Å². The lowest BCUT2D eigenvalue weighted by Gasteiger charge is -2.26. The second-order valence-corrected chi connectivity index (χ2v) is 5.70. The van der Waals surface area contributed by atoms with E-state index in [9.17, 15) is 9.59 Å². The molecule has 0 bridgehead atoms. The van der Waals surface area contributed by atoms with Crippen LogP contribution >= 0.6 is 0 Å². The monoisotopic (exact) mass is 335 g/mol. The summed E-state index contributed by atoms with van der Waals surface area (Å²) < 4.78 is 11.0. The molecule has 0 aromatic heterocycles. The lowest BCUT2D eigenvalue weighted by molar-refractivity contribution is -0.134. The molecule has 132 valence electrons. The van der Waals surface area contributed by atoms with Gasteiger partial charge in [0.25, 0.3) is 0 Å². The zero-order valence-corrected chi connectivity index (χ0v) is 14.0. The molecular weight excluding hydrogens is 310 g/mol. The summed E-state index contributed by atoms with van der Waals surface area (Å²) in [6.45, 7) is 1.42. The number of carbonyl (C=O) groups is 2. The van der Waals surface area contributed by atoms with Crippen LogP contribution in [0.4, 0.5) is 0 Å². The van der Waals surface area contributed by atoms with Gasteiger partial charge < -0.3 is 25.4 Å². The van der Waals surface area contributed by atoms with Crippen molar-refractivity contribution in [3.05, 3.63) is 29.8 Å². The summed E-state index contributed by atoms with van der Waals surface area (Å²) in [5, 5.41) is 2.52. The number of rotatable bonds is 8. The third-order valence-corrected chi connectivity index (χ3v) is 3.98. The molecule has 1 aromatic carbocycles. The van der Waals surface area contributed by atoms with E-state index in [0.717, 1.165) is 30.8 Å². The van der Waals surface area contributed by atoms with Crippen molar-refractivity contribution in [1.82, 2.24) is 10.2 Å². The maximum atomic E-state index is 12.5. The van der Waals surface area contributed by atoms with E-state index in [0.29, 0.717) is 13.1 Å². The van der Waals surface area contributed by atoms with Crippen LogP contribution in [0.1, 0.15) is 18.4 Å². The average Bonchev–Trinajstić information content (AvgIpc) is 3.12. The smallest absolute Gasteiger partial charge is 0.242 e. The number of nitrogens with one attached hydrogen (secondary N) is 1. The second kappa shape index (κ2) is 9.24. The van der Waals surface area contributed by atoms with Crippen molar-refractivity contribution >= 4 is 11.8 Å². The highest BCUT2D eigenvalue weighted by atomic mass is 16.5. The molecule has 1 aliphatic rings. The molecular formula is C17H25N3O4. The van der Waals surface area contributed by atoms with E-state index in [4.69, 9.17) is 15.2 Å². The summed E-state index contributed by atoms with van der Waals surface area (Å²) in [7, 11) is 1.60. The molecule has 3 N–H and O–H groups in total. The number of hydrogen-bond acceptors (Lipinski definition) is 5. The van der Waals surface area contributed by atoms with E-state index in [1.165, 1.54) is 0 Å². The maximum absolute atomic E-state index is 12.5. The first kappa shape index (κ1) is 18.2. The Balaban J connectivity index is 2.06. The standard InChI is InChI=1S/C17H25N3O4/c1-23-15-7-3-2-5-13(15)11-20(12-14-6-4-8-24-14)17(22)10-19-16(21)9-18/h2-3,5,7,14H,4,6,8-12,18H2,1H3,(H,19,21). The van der Waals surface area contributed by atoms with Gasteiger partial charge >= 0.3 is 0 Å². The van der Waals surface area contributed by atoms with E-state index < -0.39 is 0 Å². The van der Waals surface area contributed by atoms with Gasteiger partial charge in [-0.2, -0.15) is 0 Å². The lowest BCUT2D eigenvalue weighted by Crippen LogP contribution is -2.44. The first-order valence-corrected chi connectivity index (χ1v) is 8.12. The van der Waals surface area contributed by atoms with E-state index in [-0.39, 0.29) is 31.0 Å². The van der Waals surface area contributed by atoms with Crippen molar-refractivity contribution in [1.29, 1.82) is 0 Å². The number of para-hydroxylation sites is 1. The molecule has 1 saturated heterocycles. The molecule has 7 heteroatoms. The summed E-state index contributed by atoms with van der Waals surface area (Å²) in [6.07, 6.45) is 1.98. The van der Waals surface area contributed by atoms with Gasteiger partial charge in [-0.1, -0.05) is 18.2 Å². The normalized spacial score (nSPS) is 16.7. The van der Waals surface area contributed by atoms with Crippen molar-refractivity contribution in [2.45, 2.75) is 25.5 Å². The van der Waals surface area contributed by atoms with Crippen molar-refractivity contribution in [2.75, 3.05) is 33.4 Å². The summed E-state index contributed by atoms with van der Waals surface area (Å²) in [5.74, 6) is 0.213. The molecule has 0 spiro atoms. The summed E-state index contributed by atoms with van der Waals surface area (Å²) in [5.41, 5.74) is 6.17. The first-order valence-electron chi connectivity index (χ1n) is 8.12. The van der Waals surface area contributed by atoms with Crippen molar-refractivity contribution in [3.63, 3.8) is 0 Å². The third-order valence-electron chi connectivity index (χ3n) is 3.98. The minimum Gasteiger partial charge on any atom is -0.496 e. The average molecular weight is 335 g/mol. The maximum Gasteiger partial charge on any atom is 0.242 e. The first-order chi connectivity index (χ1) is 11.6. The summed E-state index contributed by atoms with van der Waals surface area (Å²) in [6, 6.07) is 7.58. The lowest BCUT2D eigenvalue weighted by atomic mass is 10.1. The highest BCUT2D eigenvalue weighted by molar-refractivity contribution is 5.85. The fourth-order valence-electron chi connectivity index (χ4n) is 2.69. The summed E-state index contributed by atoms with van der Waals surface area (Å²) >= 11 is 0. The Morgan fingerprint density at radius 1 is 1.42 bits per heavy atom. The number of hydrogen-bond donors (Lipinski definition) is 2. The van der Waals surface area contributed by atoms with Gasteiger partial charge in [0.15, 0.2) is 0 Å². The fourth-order valence-corrected chi connectivity index (χ4v) is 2.69. The number of ether oxygens (including phenoxy) is 2. The van der Waals surface area contributed by atoms with Crippen molar-refractivity contribution < 1.29 is 19.1 Å². The number of amides is 2. The SMILES string of the molecule is COc1ccccc1CN(CC1CCCO1)C(=O)CNC(=O)CN. The molecule has 1 unspecified atom stereocenters. The van der Waals surface area contributed by atoms with Gasteiger partial charge in [0.1, 0.15) is 5.75 Å². The van der Waals surface area contributed by atoms with Gasteiger partial charge in [0, 0.05) is 25.3 Å². The van der Waals surface area contributed by atoms with Gasteiger partial charge in [0.05, 0.1) is 26.3 Å². The predicted molar refractivity (Wildman–Crippen MR) is 89.4 cm³/mol. The molecule has 7 nitrogen and oxygen atoms in total. The molecule has 1 fully saturated rings. The van der Waals surface area contributed by atoms with Gasteiger partial charge in [-0.15, -0.1) is 0 Å². The number of nitrogens with two attached hydrogens (primary N) is 1. The molecule has 2 amide bonds. The molecule has 1 aromatic rings. The zero-order chi connectivity index (χ0) is 17.4. The second-order valence-electron chi connectivity index (χ2n) is 5.70. The largest absolute Gasteiger partial charge is 0.496 e. The molecule has 2 rings (SSSR count). The van der Waals surface area contributed by atoms with Gasteiger partial charge in [-0.3, -0.25) is 9.59 Å². The molecule has 24 heavy (non-hydrogen) atoms. The minimum atomic E-state index is -0.349. The molecule has 0 radical (unpaired) electrons. The quantitative estimate of drug-likeness (QED) is 0.712. The van der Waals surface area contributed by atoms with Crippen LogP contribution in [0.15, 0.2) is 24.3 Å². The van der Waals surface area contributed by atoms with Crippen LogP contribution in [0, 0.1) is 0 Å². The van der Waals surface area contributed by atoms with Crippen LogP contribution in [0.5, 0.6) is 5.75 Å². The number of nitrogens with zero attached hydrogens (tertiary/aromatic N) is 1. The highest BCUT2D eigenvalue weighted by Crippen LogP contribution is 2.21. The van der Waals surface area contributed by atoms with Crippen LogP contribution in [0.25, 0.3) is 0 Å². The van der Waals surface area contributed by atoms with Crippen LogP contribution in [0.2, 0.25) is 0 Å². The summed E-state index contributed by atoms with van der Waals surface area (Å²) in [4.78, 5) is 25.5. The van der Waals surface area contributed by atoms with Crippen LogP contribution in [-0.2, 0) is 20.9 Å². The van der Waals surface area contributed by atoms with E-state index in [2.05, 4.69) is 5.32 Å². The van der Waals surface area contributed by atoms with Crippen molar-refractivity contribution in [3.8, 4) is 5.75 Å². The van der Waals surface area contributed by atoms with Gasteiger partial charge in [-0.25, -0.2) is 0 Å². The van der Waals surface area contributed by atoms with E-state index in [1.807, 2.05) is 24.3 Å². The van der Waals surface area contributed by atoms with E-state index in [1.54, 1.807) is 12.0 Å². The topological polar surface area (TPSA) is 93.9 Å². The Morgan fingerprint density at radius 3 is 2.88 bits per heavy atom. The van der Waals surface area contributed by atoms with Gasteiger partial charge in [-0.05, 0) is 18.9 Å². The molecule has 0 aliphatic carbocycles. The van der Waals surface area contributed by atoms with Gasteiger partial charge in [0.2, 0.25) is 11.8 Å². The van der Waals surface area contributed by atoms with Crippen LogP contribution < -0.4 is 15.8 Å². The Morgan fingerprint density at radius 2 is 2.21 bits per heavy atom. The number of methoxy groups -OCH3 is 1. The Kier molecular flexibility index (Phi) is 7.02. The molecule has 0 saturated carbocycles. The Hall–Kier alpha value is -2.12. The van der Waals surface area contributed by atoms with Crippen molar-refractivity contribution in [2.24, 2.45) is 5.73 Å². The zero-order valence-electron chi connectivity index (χ0n) is 14.0. The fraction of sp³-hybridized carbons (Fsp3) is 0.529. The minimum absolute atomic E-state index is 0.0360. The number of benzene rings is 1. The highest BCUT2D eigenvalue weighted by Gasteiger charge is 2.23. The molecule has 1 aliphatic heterocycles. The third kappa shape index (κ3) is 5.21.